The van der Waals surface area contributed by atoms with Gasteiger partial charge in [-0.05, 0) is 31.2 Å². The molecule has 0 aliphatic carbocycles. The molecular weight excluding hydrogens is 350 g/mol. The highest BCUT2D eigenvalue weighted by Gasteiger charge is 2.12. The predicted octanol–water partition coefficient (Wildman–Crippen LogP) is 4.03. The quantitative estimate of drug-likeness (QED) is 0.522. The molecule has 0 atom stereocenters. The SMILES string of the molecule is CCn1c(=NC(=O)c2cccc([N+](=O)[O-])c2)sc2cc(Cl)ccc21. The van der Waals surface area contributed by atoms with Gasteiger partial charge in [0.2, 0.25) is 0 Å². The van der Waals surface area contributed by atoms with E-state index in [0.29, 0.717) is 16.4 Å². The molecule has 1 amide bonds. The maximum atomic E-state index is 12.4. The van der Waals surface area contributed by atoms with Crippen molar-refractivity contribution < 1.29 is 9.72 Å². The van der Waals surface area contributed by atoms with E-state index < -0.39 is 10.8 Å². The zero-order valence-electron chi connectivity index (χ0n) is 12.6. The lowest BCUT2D eigenvalue weighted by molar-refractivity contribution is -0.384. The van der Waals surface area contributed by atoms with Gasteiger partial charge in [0, 0.05) is 29.3 Å². The highest BCUT2D eigenvalue weighted by molar-refractivity contribution is 7.16. The zero-order chi connectivity index (χ0) is 17.3. The number of benzene rings is 2. The lowest BCUT2D eigenvalue weighted by Crippen LogP contribution is -2.15. The van der Waals surface area contributed by atoms with Crippen molar-refractivity contribution in [2.24, 2.45) is 4.99 Å². The summed E-state index contributed by atoms with van der Waals surface area (Å²) in [4.78, 5) is 27.4. The number of hydrogen-bond donors (Lipinski definition) is 0. The number of thiazole rings is 1. The van der Waals surface area contributed by atoms with Crippen LogP contribution in [-0.2, 0) is 6.54 Å². The molecule has 3 rings (SSSR count). The van der Waals surface area contributed by atoms with Gasteiger partial charge in [-0.1, -0.05) is 29.0 Å². The number of aromatic nitrogens is 1. The molecule has 0 spiro atoms. The van der Waals surface area contributed by atoms with Gasteiger partial charge >= 0.3 is 0 Å². The third-order valence-electron chi connectivity index (χ3n) is 3.46. The Kier molecular flexibility index (Phi) is 4.46. The Balaban J connectivity index is 2.11. The highest BCUT2D eigenvalue weighted by Crippen LogP contribution is 2.22. The summed E-state index contributed by atoms with van der Waals surface area (Å²) < 4.78 is 2.83. The number of nitro benzene ring substituents is 1. The number of nitro groups is 1. The second kappa shape index (κ2) is 6.54. The molecule has 122 valence electrons. The Hall–Kier alpha value is -2.51. The molecule has 1 heterocycles. The van der Waals surface area contributed by atoms with Crippen LogP contribution in [0.5, 0.6) is 0 Å². The van der Waals surface area contributed by atoms with Gasteiger partial charge in [0.05, 0.1) is 15.1 Å². The van der Waals surface area contributed by atoms with E-state index in [1.54, 1.807) is 6.07 Å². The minimum Gasteiger partial charge on any atom is -0.317 e. The number of non-ortho nitro benzene ring substituents is 1. The molecule has 0 aliphatic heterocycles. The standard InChI is InChI=1S/C16H12ClN3O3S/c1-2-19-13-7-6-11(17)9-14(13)24-16(19)18-15(21)10-4-3-5-12(8-10)20(22)23/h3-9H,2H2,1H3. The molecular formula is C16H12ClN3O3S. The summed E-state index contributed by atoms with van der Waals surface area (Å²) in [7, 11) is 0. The van der Waals surface area contributed by atoms with Crippen molar-refractivity contribution in [3.63, 3.8) is 0 Å². The average molecular weight is 362 g/mol. The van der Waals surface area contributed by atoms with Crippen LogP contribution in [0.1, 0.15) is 17.3 Å². The van der Waals surface area contributed by atoms with Crippen LogP contribution in [0.15, 0.2) is 47.5 Å². The van der Waals surface area contributed by atoms with Crippen molar-refractivity contribution in [2.45, 2.75) is 13.5 Å². The molecule has 0 saturated carbocycles. The van der Waals surface area contributed by atoms with Crippen molar-refractivity contribution in [2.75, 3.05) is 0 Å². The molecule has 0 N–H and O–H groups in total. The number of carbonyl (C=O) groups excluding carboxylic acids is 1. The van der Waals surface area contributed by atoms with Gasteiger partial charge in [-0.2, -0.15) is 4.99 Å². The van der Waals surface area contributed by atoms with Crippen molar-refractivity contribution in [3.8, 4) is 0 Å². The molecule has 0 aliphatic rings. The smallest absolute Gasteiger partial charge is 0.279 e. The minimum atomic E-state index is -0.537. The van der Waals surface area contributed by atoms with Gasteiger partial charge < -0.3 is 4.57 Å². The van der Waals surface area contributed by atoms with Crippen molar-refractivity contribution >= 4 is 44.7 Å². The van der Waals surface area contributed by atoms with E-state index in [-0.39, 0.29) is 11.3 Å². The normalized spacial score (nSPS) is 11.8. The van der Waals surface area contributed by atoms with Crippen LogP contribution in [0.25, 0.3) is 10.2 Å². The first-order valence-corrected chi connectivity index (χ1v) is 8.31. The van der Waals surface area contributed by atoms with Crippen LogP contribution in [0.2, 0.25) is 5.02 Å². The first-order valence-electron chi connectivity index (χ1n) is 7.12. The number of rotatable bonds is 3. The molecule has 24 heavy (non-hydrogen) atoms. The first kappa shape index (κ1) is 16.4. The summed E-state index contributed by atoms with van der Waals surface area (Å²) in [5.74, 6) is -0.515. The molecule has 2 aromatic carbocycles. The molecule has 0 radical (unpaired) electrons. The van der Waals surface area contributed by atoms with E-state index >= 15 is 0 Å². The van der Waals surface area contributed by atoms with Crippen LogP contribution in [0.3, 0.4) is 0 Å². The fraction of sp³-hybridized carbons (Fsp3) is 0.125. The van der Waals surface area contributed by atoms with Gasteiger partial charge in [0.1, 0.15) is 0 Å². The Labute approximate surface area is 145 Å². The second-order valence-corrected chi connectivity index (χ2v) is 6.41. The Bertz CT molecular complexity index is 1020. The third-order valence-corrected chi connectivity index (χ3v) is 4.74. The number of fused-ring (bicyclic) bond motifs is 1. The lowest BCUT2D eigenvalue weighted by atomic mass is 10.2. The van der Waals surface area contributed by atoms with Gasteiger partial charge in [-0.15, -0.1) is 0 Å². The first-order chi connectivity index (χ1) is 11.5. The Morgan fingerprint density at radius 1 is 1.33 bits per heavy atom. The van der Waals surface area contributed by atoms with E-state index in [9.17, 15) is 14.9 Å². The largest absolute Gasteiger partial charge is 0.317 e. The van der Waals surface area contributed by atoms with E-state index in [0.717, 1.165) is 10.2 Å². The lowest BCUT2D eigenvalue weighted by Gasteiger charge is -2.00. The number of halogens is 1. The zero-order valence-corrected chi connectivity index (χ0v) is 14.2. The Morgan fingerprint density at radius 2 is 2.12 bits per heavy atom. The summed E-state index contributed by atoms with van der Waals surface area (Å²) >= 11 is 7.36. The average Bonchev–Trinajstić information content (AvgIpc) is 2.90. The molecule has 8 heteroatoms. The molecule has 1 aromatic heterocycles. The van der Waals surface area contributed by atoms with Crippen LogP contribution >= 0.6 is 22.9 Å². The number of carbonyl (C=O) groups is 1. The van der Waals surface area contributed by atoms with Crippen molar-refractivity contribution in [1.29, 1.82) is 0 Å². The van der Waals surface area contributed by atoms with Crippen LogP contribution in [0, 0.1) is 10.1 Å². The number of amides is 1. The van der Waals surface area contributed by atoms with Crippen LogP contribution in [-0.4, -0.2) is 15.4 Å². The van der Waals surface area contributed by atoms with E-state index in [2.05, 4.69) is 4.99 Å². The highest BCUT2D eigenvalue weighted by atomic mass is 35.5. The molecule has 3 aromatic rings. The van der Waals surface area contributed by atoms with Gasteiger partial charge in [-0.3, -0.25) is 14.9 Å². The minimum absolute atomic E-state index is 0.137. The Morgan fingerprint density at radius 3 is 2.83 bits per heavy atom. The summed E-state index contributed by atoms with van der Waals surface area (Å²) in [6.07, 6.45) is 0. The van der Waals surface area contributed by atoms with Crippen molar-refractivity contribution in [1.82, 2.24) is 4.57 Å². The molecule has 6 nitrogen and oxygen atoms in total. The fourth-order valence-corrected chi connectivity index (χ4v) is 3.71. The summed E-state index contributed by atoms with van der Waals surface area (Å²) in [6.45, 7) is 2.60. The van der Waals surface area contributed by atoms with Crippen molar-refractivity contribution in [3.05, 3.63) is 68.0 Å². The van der Waals surface area contributed by atoms with E-state index in [1.807, 2.05) is 23.6 Å². The van der Waals surface area contributed by atoms with Crippen LogP contribution < -0.4 is 4.80 Å². The molecule has 0 unspecified atom stereocenters. The topological polar surface area (TPSA) is 77.5 Å². The summed E-state index contributed by atoms with van der Waals surface area (Å²) in [5, 5.41) is 11.4. The molecule has 0 bridgehead atoms. The second-order valence-electron chi connectivity index (χ2n) is 4.97. The van der Waals surface area contributed by atoms with E-state index in [4.69, 9.17) is 11.6 Å². The summed E-state index contributed by atoms with van der Waals surface area (Å²) in [6, 6.07) is 11.0. The number of aryl methyl sites for hydroxylation is 1. The predicted molar refractivity (Wildman–Crippen MR) is 93.5 cm³/mol. The maximum absolute atomic E-state index is 12.4. The molecule has 0 fully saturated rings. The van der Waals surface area contributed by atoms with Gasteiger partial charge in [-0.25, -0.2) is 0 Å². The number of nitrogens with zero attached hydrogens (tertiary/aromatic N) is 3. The van der Waals surface area contributed by atoms with Crippen LogP contribution in [0.4, 0.5) is 5.69 Å². The monoisotopic (exact) mass is 361 g/mol. The van der Waals surface area contributed by atoms with Gasteiger partial charge in [0.15, 0.2) is 4.80 Å². The maximum Gasteiger partial charge on any atom is 0.279 e. The van der Waals surface area contributed by atoms with Gasteiger partial charge in [0.25, 0.3) is 11.6 Å². The summed E-state index contributed by atoms with van der Waals surface area (Å²) in [5.41, 5.74) is 0.988. The number of hydrogen-bond acceptors (Lipinski definition) is 4. The molecule has 0 saturated heterocycles. The third kappa shape index (κ3) is 3.08. The van der Waals surface area contributed by atoms with E-state index in [1.165, 1.54) is 35.6 Å². The fourth-order valence-electron chi connectivity index (χ4n) is 2.34.